The maximum atomic E-state index is 12.6. The number of nitrogens with zero attached hydrogens (tertiary/aromatic N) is 6. The van der Waals surface area contributed by atoms with E-state index in [0.717, 1.165) is 10.3 Å². The fourth-order valence-corrected chi connectivity index (χ4v) is 2.26. The summed E-state index contributed by atoms with van der Waals surface area (Å²) in [4.78, 5) is 12.6. The molecule has 2 rings (SSSR count). The van der Waals surface area contributed by atoms with Gasteiger partial charge in [-0.3, -0.25) is 14.0 Å². The standard InChI is InChI=1S/C16H20N6O3/c1-5-25-7-6-22-15(23)12(9-17)11(3)14(16(22)24)19-18-13-8-10(2)21(4)20-13/h8,23H,5-7H2,1-4H3. The highest BCUT2D eigenvalue weighted by molar-refractivity contribution is 5.56. The van der Waals surface area contributed by atoms with Crippen LogP contribution in [0.2, 0.25) is 0 Å². The van der Waals surface area contributed by atoms with Crippen molar-refractivity contribution in [2.45, 2.75) is 27.3 Å². The Morgan fingerprint density at radius 1 is 1.40 bits per heavy atom. The monoisotopic (exact) mass is 344 g/mol. The van der Waals surface area contributed by atoms with Gasteiger partial charge < -0.3 is 9.84 Å². The first-order chi connectivity index (χ1) is 11.9. The molecule has 132 valence electrons. The molecule has 0 atom stereocenters. The number of aromatic hydroxyl groups is 1. The molecular formula is C16H20N6O3. The van der Waals surface area contributed by atoms with Crippen LogP contribution < -0.4 is 5.56 Å². The molecule has 9 heteroatoms. The van der Waals surface area contributed by atoms with Gasteiger partial charge in [-0.25, -0.2) is 0 Å². The second kappa shape index (κ2) is 7.72. The van der Waals surface area contributed by atoms with E-state index in [4.69, 9.17) is 4.74 Å². The minimum absolute atomic E-state index is 0.00541. The Morgan fingerprint density at radius 2 is 2.12 bits per heavy atom. The van der Waals surface area contributed by atoms with Gasteiger partial charge in [0.1, 0.15) is 11.6 Å². The Hall–Kier alpha value is -2.99. The number of pyridine rings is 1. The first-order valence-electron chi connectivity index (χ1n) is 7.77. The van der Waals surface area contributed by atoms with Crippen molar-refractivity contribution in [1.29, 1.82) is 5.26 Å². The Kier molecular flexibility index (Phi) is 5.67. The largest absolute Gasteiger partial charge is 0.493 e. The SMILES string of the molecule is CCOCCn1c(O)c(C#N)c(C)c(N=Nc2cc(C)n(C)n2)c1=O. The predicted molar refractivity (Wildman–Crippen MR) is 90.4 cm³/mol. The second-order valence-corrected chi connectivity index (χ2v) is 5.41. The summed E-state index contributed by atoms with van der Waals surface area (Å²) in [6, 6.07) is 3.62. The van der Waals surface area contributed by atoms with E-state index in [9.17, 15) is 15.2 Å². The highest BCUT2D eigenvalue weighted by atomic mass is 16.5. The number of azo groups is 1. The van der Waals surface area contributed by atoms with Gasteiger partial charge in [0.2, 0.25) is 5.88 Å². The Labute approximate surface area is 144 Å². The maximum Gasteiger partial charge on any atom is 0.281 e. The Balaban J connectivity index is 2.51. The summed E-state index contributed by atoms with van der Waals surface area (Å²) in [6.07, 6.45) is 0. The van der Waals surface area contributed by atoms with E-state index in [2.05, 4.69) is 15.3 Å². The van der Waals surface area contributed by atoms with Crippen LogP contribution in [0.5, 0.6) is 5.88 Å². The summed E-state index contributed by atoms with van der Waals surface area (Å²) in [5.41, 5.74) is 0.610. The quantitative estimate of drug-likeness (QED) is 0.637. The molecule has 25 heavy (non-hydrogen) atoms. The molecule has 0 aromatic carbocycles. The van der Waals surface area contributed by atoms with E-state index < -0.39 is 11.4 Å². The third-order valence-corrected chi connectivity index (χ3v) is 3.79. The second-order valence-electron chi connectivity index (χ2n) is 5.41. The number of aryl methyl sites for hydroxylation is 2. The number of nitriles is 1. The third-order valence-electron chi connectivity index (χ3n) is 3.79. The molecule has 0 saturated heterocycles. The zero-order chi connectivity index (χ0) is 18.6. The number of aromatic nitrogens is 3. The molecule has 0 aliphatic carbocycles. The molecule has 2 heterocycles. The van der Waals surface area contributed by atoms with Crippen molar-refractivity contribution in [3.8, 4) is 11.9 Å². The summed E-state index contributed by atoms with van der Waals surface area (Å²) in [7, 11) is 1.77. The molecule has 0 radical (unpaired) electrons. The van der Waals surface area contributed by atoms with Crippen LogP contribution in [0.1, 0.15) is 23.7 Å². The van der Waals surface area contributed by atoms with Crippen molar-refractivity contribution in [3.05, 3.63) is 33.2 Å². The zero-order valence-corrected chi connectivity index (χ0v) is 14.6. The van der Waals surface area contributed by atoms with Crippen LogP contribution in [0.15, 0.2) is 21.1 Å². The fraction of sp³-hybridized carbons (Fsp3) is 0.438. The van der Waals surface area contributed by atoms with Gasteiger partial charge in [-0.1, -0.05) is 0 Å². The van der Waals surface area contributed by atoms with Gasteiger partial charge in [-0.2, -0.15) is 10.4 Å². The van der Waals surface area contributed by atoms with Gasteiger partial charge in [0, 0.05) is 31.0 Å². The highest BCUT2D eigenvalue weighted by Gasteiger charge is 2.19. The molecule has 0 bridgehead atoms. The number of hydrogen-bond donors (Lipinski definition) is 1. The molecule has 1 N–H and O–H groups in total. The van der Waals surface area contributed by atoms with Crippen LogP contribution in [0.4, 0.5) is 11.5 Å². The predicted octanol–water partition coefficient (Wildman–Crippen LogP) is 2.23. The third kappa shape index (κ3) is 3.75. The van der Waals surface area contributed by atoms with E-state index in [-0.39, 0.29) is 30.0 Å². The summed E-state index contributed by atoms with van der Waals surface area (Å²) in [5, 5.41) is 31.6. The maximum absolute atomic E-state index is 12.6. The Bertz CT molecular complexity index is 885. The molecule has 0 aliphatic heterocycles. The normalized spacial score (nSPS) is 11.2. The number of hydrogen-bond acceptors (Lipinski definition) is 7. The first-order valence-corrected chi connectivity index (χ1v) is 7.77. The average molecular weight is 344 g/mol. The van der Waals surface area contributed by atoms with E-state index in [1.807, 2.05) is 19.9 Å². The van der Waals surface area contributed by atoms with Crippen LogP contribution in [-0.2, 0) is 18.3 Å². The number of ether oxygens (including phenoxy) is 1. The van der Waals surface area contributed by atoms with Crippen molar-refractivity contribution < 1.29 is 9.84 Å². The lowest BCUT2D eigenvalue weighted by molar-refractivity contribution is 0.136. The van der Waals surface area contributed by atoms with Crippen LogP contribution >= 0.6 is 0 Å². The molecule has 0 aliphatic rings. The minimum Gasteiger partial charge on any atom is -0.493 e. The summed E-state index contributed by atoms with van der Waals surface area (Å²) < 4.78 is 7.92. The van der Waals surface area contributed by atoms with Crippen molar-refractivity contribution >= 4 is 11.5 Å². The van der Waals surface area contributed by atoms with E-state index in [1.54, 1.807) is 24.7 Å². The molecule has 9 nitrogen and oxygen atoms in total. The Morgan fingerprint density at radius 3 is 2.68 bits per heavy atom. The molecule has 0 fully saturated rings. The molecule has 0 saturated carbocycles. The topological polar surface area (TPSA) is 118 Å². The molecule has 0 amide bonds. The molecule has 0 spiro atoms. The molecular weight excluding hydrogens is 324 g/mol. The van der Waals surface area contributed by atoms with E-state index >= 15 is 0 Å². The fourth-order valence-electron chi connectivity index (χ4n) is 2.26. The van der Waals surface area contributed by atoms with Gasteiger partial charge in [0.15, 0.2) is 11.5 Å². The van der Waals surface area contributed by atoms with Crippen LogP contribution in [0.25, 0.3) is 0 Å². The summed E-state index contributed by atoms with van der Waals surface area (Å²) in [5.74, 6) is -0.0383. The highest BCUT2D eigenvalue weighted by Crippen LogP contribution is 2.26. The van der Waals surface area contributed by atoms with Crippen molar-refractivity contribution in [3.63, 3.8) is 0 Å². The molecule has 2 aromatic heterocycles. The summed E-state index contributed by atoms with van der Waals surface area (Å²) >= 11 is 0. The zero-order valence-electron chi connectivity index (χ0n) is 14.6. The lowest BCUT2D eigenvalue weighted by atomic mass is 10.1. The van der Waals surface area contributed by atoms with Crippen molar-refractivity contribution in [2.24, 2.45) is 17.3 Å². The summed E-state index contributed by atoms with van der Waals surface area (Å²) in [6.45, 7) is 6.06. The molecule has 2 aromatic rings. The minimum atomic E-state index is -0.537. The average Bonchev–Trinajstić information content (AvgIpc) is 2.89. The van der Waals surface area contributed by atoms with Gasteiger partial charge >= 0.3 is 0 Å². The van der Waals surface area contributed by atoms with E-state index in [0.29, 0.717) is 12.4 Å². The molecule has 0 unspecified atom stereocenters. The van der Waals surface area contributed by atoms with E-state index in [1.165, 1.54) is 0 Å². The first kappa shape index (κ1) is 18.4. The van der Waals surface area contributed by atoms with Crippen LogP contribution in [0, 0.1) is 25.2 Å². The number of rotatable bonds is 6. The lowest BCUT2D eigenvalue weighted by Gasteiger charge is -2.12. The van der Waals surface area contributed by atoms with Gasteiger partial charge in [0.25, 0.3) is 5.56 Å². The van der Waals surface area contributed by atoms with Crippen LogP contribution in [0.3, 0.4) is 0 Å². The lowest BCUT2D eigenvalue weighted by Crippen LogP contribution is -2.24. The van der Waals surface area contributed by atoms with Gasteiger partial charge in [0.05, 0.1) is 13.2 Å². The van der Waals surface area contributed by atoms with Gasteiger partial charge in [-0.05, 0) is 20.8 Å². The van der Waals surface area contributed by atoms with Crippen molar-refractivity contribution in [1.82, 2.24) is 14.3 Å². The van der Waals surface area contributed by atoms with Gasteiger partial charge in [-0.15, -0.1) is 10.2 Å². The smallest absolute Gasteiger partial charge is 0.281 e. The van der Waals surface area contributed by atoms with Crippen LogP contribution in [-0.4, -0.2) is 32.7 Å². The van der Waals surface area contributed by atoms with Crippen molar-refractivity contribution in [2.75, 3.05) is 13.2 Å².